The third-order valence-corrected chi connectivity index (χ3v) is 5.59. The van der Waals surface area contributed by atoms with Crippen LogP contribution >= 0.6 is 0 Å². The van der Waals surface area contributed by atoms with Crippen molar-refractivity contribution in [3.05, 3.63) is 77.9 Å². The maximum Gasteiger partial charge on any atom is 0.339 e. The van der Waals surface area contributed by atoms with Crippen molar-refractivity contribution in [3.63, 3.8) is 0 Å². The van der Waals surface area contributed by atoms with Gasteiger partial charge in [0.15, 0.2) is 0 Å². The molecule has 0 bridgehead atoms. The number of hydrogen-bond donors (Lipinski definition) is 2. The molecule has 0 aliphatic carbocycles. The van der Waals surface area contributed by atoms with Crippen LogP contribution in [0.15, 0.2) is 66.0 Å². The lowest BCUT2D eigenvalue weighted by Crippen LogP contribution is -2.42. The molecule has 12 heteroatoms. The number of carbonyl (C=O) groups excluding carboxylic acids is 3. The molecule has 11 nitrogen and oxygen atoms in total. The number of amides is 1. The molecule has 0 aliphatic heterocycles. The van der Waals surface area contributed by atoms with Gasteiger partial charge in [0.25, 0.3) is 15.9 Å². The lowest BCUT2D eigenvalue weighted by atomic mass is 10.1. The number of esters is 2. The van der Waals surface area contributed by atoms with Gasteiger partial charge in [-0.25, -0.2) is 23.0 Å². The van der Waals surface area contributed by atoms with E-state index in [0.29, 0.717) is 5.69 Å². The Bertz CT molecular complexity index is 1270. The predicted molar refractivity (Wildman–Crippen MR) is 110 cm³/mol. The Morgan fingerprint density at radius 1 is 0.969 bits per heavy atom. The fourth-order valence-electron chi connectivity index (χ4n) is 2.76. The van der Waals surface area contributed by atoms with Crippen LogP contribution in [0.2, 0.25) is 0 Å². The first kappa shape index (κ1) is 22.7. The van der Waals surface area contributed by atoms with Gasteiger partial charge in [-0.2, -0.15) is 0 Å². The fraction of sp³-hybridized carbons (Fsp3) is 0.100. The van der Waals surface area contributed by atoms with Crippen molar-refractivity contribution < 1.29 is 32.3 Å². The topological polar surface area (TPSA) is 146 Å². The maximum absolute atomic E-state index is 12.9. The Morgan fingerprint density at radius 3 is 2.31 bits per heavy atom. The quantitative estimate of drug-likeness (QED) is 0.395. The molecule has 0 unspecified atom stereocenters. The molecular formula is C20H18N4O7S. The zero-order valence-electron chi connectivity index (χ0n) is 16.9. The van der Waals surface area contributed by atoms with Gasteiger partial charge in [-0.3, -0.25) is 14.8 Å². The minimum Gasteiger partial charge on any atom is -0.465 e. The number of hydrazine groups is 1. The number of benzene rings is 2. The summed E-state index contributed by atoms with van der Waals surface area (Å²) < 4.78 is 36.4. The van der Waals surface area contributed by atoms with E-state index in [1.807, 2.05) is 4.83 Å². The summed E-state index contributed by atoms with van der Waals surface area (Å²) in [5, 5.41) is 0. The molecule has 2 N–H and O–H groups in total. The minimum atomic E-state index is -4.49. The van der Waals surface area contributed by atoms with Crippen LogP contribution in [0.3, 0.4) is 0 Å². The molecule has 0 fully saturated rings. The number of carbonyl (C=O) groups is 3. The van der Waals surface area contributed by atoms with Gasteiger partial charge >= 0.3 is 11.9 Å². The molecule has 3 aromatic rings. The van der Waals surface area contributed by atoms with Crippen LogP contribution < -0.4 is 10.3 Å². The van der Waals surface area contributed by atoms with Gasteiger partial charge < -0.3 is 9.47 Å². The molecule has 166 valence electrons. The van der Waals surface area contributed by atoms with Gasteiger partial charge in [0.1, 0.15) is 5.69 Å². The molecule has 0 aliphatic rings. The van der Waals surface area contributed by atoms with Crippen molar-refractivity contribution in [1.82, 2.24) is 19.8 Å². The first-order valence-corrected chi connectivity index (χ1v) is 10.5. The molecule has 32 heavy (non-hydrogen) atoms. The zero-order chi connectivity index (χ0) is 23.3. The monoisotopic (exact) mass is 458 g/mol. The van der Waals surface area contributed by atoms with Crippen LogP contribution in [0, 0.1) is 0 Å². The highest BCUT2D eigenvalue weighted by molar-refractivity contribution is 7.89. The smallest absolute Gasteiger partial charge is 0.339 e. The Balaban J connectivity index is 1.89. The number of methoxy groups -OCH3 is 2. The van der Waals surface area contributed by atoms with E-state index in [4.69, 9.17) is 0 Å². The van der Waals surface area contributed by atoms with Gasteiger partial charge in [0, 0.05) is 5.69 Å². The van der Waals surface area contributed by atoms with Crippen LogP contribution in [0.25, 0.3) is 5.69 Å². The molecule has 0 saturated heterocycles. The van der Waals surface area contributed by atoms with Crippen molar-refractivity contribution in [2.45, 2.75) is 4.90 Å². The molecular weight excluding hydrogens is 440 g/mol. The number of sulfonamides is 1. The van der Waals surface area contributed by atoms with E-state index in [2.05, 4.69) is 19.9 Å². The molecule has 0 saturated carbocycles. The summed E-state index contributed by atoms with van der Waals surface area (Å²) >= 11 is 0. The van der Waals surface area contributed by atoms with Crippen LogP contribution in [-0.4, -0.2) is 50.0 Å². The van der Waals surface area contributed by atoms with Crippen molar-refractivity contribution in [1.29, 1.82) is 0 Å². The number of nitrogens with zero attached hydrogens (tertiary/aromatic N) is 2. The van der Waals surface area contributed by atoms with Crippen molar-refractivity contribution in [2.75, 3.05) is 14.2 Å². The number of hydrogen-bond acceptors (Lipinski definition) is 8. The van der Waals surface area contributed by atoms with Gasteiger partial charge in [0.05, 0.1) is 42.8 Å². The lowest BCUT2D eigenvalue weighted by molar-refractivity contribution is 0.0583. The summed E-state index contributed by atoms with van der Waals surface area (Å²) in [4.78, 5) is 41.7. The van der Waals surface area contributed by atoms with E-state index < -0.39 is 32.8 Å². The predicted octanol–water partition coefficient (Wildman–Crippen LogP) is 1.07. The molecule has 1 aromatic heterocycles. The standard InChI is InChI=1S/C20H18N4O7S/c1-30-19(26)13-8-9-15(20(27)31-2)17(10-13)32(28,29)23-22-18(25)16-11-21-12-24(16)14-6-4-3-5-7-14/h3-12,23H,1-2H3,(H,22,25). The van der Waals surface area contributed by atoms with Crippen LogP contribution in [0.1, 0.15) is 31.2 Å². The maximum atomic E-state index is 12.9. The summed E-state index contributed by atoms with van der Waals surface area (Å²) in [5.74, 6) is -2.57. The SMILES string of the molecule is COC(=O)c1ccc(C(=O)OC)c(S(=O)(=O)NNC(=O)c2cncn2-c2ccccc2)c1. The fourth-order valence-corrected chi connectivity index (χ4v) is 3.82. The Kier molecular flexibility index (Phi) is 6.66. The molecule has 0 radical (unpaired) electrons. The number of para-hydroxylation sites is 1. The molecule has 2 aromatic carbocycles. The summed E-state index contributed by atoms with van der Waals surface area (Å²) in [6.45, 7) is 0. The van der Waals surface area contributed by atoms with E-state index in [-0.39, 0.29) is 16.8 Å². The summed E-state index contributed by atoms with van der Waals surface area (Å²) in [5.41, 5.74) is 2.31. The third kappa shape index (κ3) is 4.66. The molecule has 3 rings (SSSR count). The van der Waals surface area contributed by atoms with Gasteiger partial charge in [0.2, 0.25) is 0 Å². The highest BCUT2D eigenvalue weighted by Gasteiger charge is 2.26. The Labute approximate surface area is 183 Å². The third-order valence-electron chi connectivity index (χ3n) is 4.30. The molecule has 0 spiro atoms. The Hall–Kier alpha value is -4.03. The highest BCUT2D eigenvalue weighted by Crippen LogP contribution is 2.19. The van der Waals surface area contributed by atoms with Crippen LogP contribution in [-0.2, 0) is 19.5 Å². The van der Waals surface area contributed by atoms with E-state index in [1.54, 1.807) is 30.3 Å². The van der Waals surface area contributed by atoms with E-state index in [0.717, 1.165) is 26.4 Å². The second-order valence-corrected chi connectivity index (χ2v) is 7.89. The zero-order valence-corrected chi connectivity index (χ0v) is 17.8. The largest absolute Gasteiger partial charge is 0.465 e. The second-order valence-electron chi connectivity index (χ2n) is 6.24. The number of imidazole rings is 1. The number of ether oxygens (including phenoxy) is 2. The van der Waals surface area contributed by atoms with Crippen LogP contribution in [0.5, 0.6) is 0 Å². The van der Waals surface area contributed by atoms with Crippen molar-refractivity contribution in [2.24, 2.45) is 0 Å². The van der Waals surface area contributed by atoms with Gasteiger partial charge in [-0.1, -0.05) is 18.2 Å². The van der Waals surface area contributed by atoms with Gasteiger partial charge in [-0.05, 0) is 30.3 Å². The Morgan fingerprint density at radius 2 is 1.66 bits per heavy atom. The van der Waals surface area contributed by atoms with Crippen molar-refractivity contribution >= 4 is 27.9 Å². The average Bonchev–Trinajstić information content (AvgIpc) is 3.32. The number of rotatable bonds is 7. The molecule has 0 atom stereocenters. The summed E-state index contributed by atoms with van der Waals surface area (Å²) in [7, 11) is -2.29. The first-order chi connectivity index (χ1) is 15.3. The number of nitrogens with one attached hydrogen (secondary N) is 2. The minimum absolute atomic E-state index is 0.0513. The van der Waals surface area contributed by atoms with Gasteiger partial charge in [-0.15, -0.1) is 4.83 Å². The van der Waals surface area contributed by atoms with E-state index in [9.17, 15) is 22.8 Å². The summed E-state index contributed by atoms with van der Waals surface area (Å²) in [6.07, 6.45) is 2.66. The van der Waals surface area contributed by atoms with Crippen LogP contribution in [0.4, 0.5) is 0 Å². The number of aromatic nitrogens is 2. The molecule has 1 heterocycles. The second kappa shape index (κ2) is 9.41. The van der Waals surface area contributed by atoms with Crippen molar-refractivity contribution in [3.8, 4) is 5.69 Å². The normalized spacial score (nSPS) is 10.9. The summed E-state index contributed by atoms with van der Waals surface area (Å²) in [6, 6.07) is 12.1. The molecule has 1 amide bonds. The first-order valence-electron chi connectivity index (χ1n) is 8.99. The average molecular weight is 458 g/mol. The highest BCUT2D eigenvalue weighted by atomic mass is 32.2. The lowest BCUT2D eigenvalue weighted by Gasteiger charge is -2.13. The van der Waals surface area contributed by atoms with E-state index >= 15 is 0 Å². The van der Waals surface area contributed by atoms with E-state index in [1.165, 1.54) is 23.2 Å².